The maximum Gasteiger partial charge on any atom is 0.191 e. The molecule has 1 heterocycles. The Morgan fingerprint density at radius 2 is 1.91 bits per heavy atom. The summed E-state index contributed by atoms with van der Waals surface area (Å²) >= 11 is 1.71. The molecule has 0 atom stereocenters. The van der Waals surface area contributed by atoms with Gasteiger partial charge in [0.05, 0.1) is 13.1 Å². The summed E-state index contributed by atoms with van der Waals surface area (Å²) in [5, 5.41) is 7.71. The Kier molecular flexibility index (Phi) is 9.16. The Labute approximate surface area is 159 Å². The van der Waals surface area contributed by atoms with E-state index in [1.165, 1.54) is 16.0 Å². The number of halogens is 1. The average molecular weight is 444 g/mol. The zero-order valence-electron chi connectivity index (χ0n) is 13.9. The Morgan fingerprint density at radius 3 is 2.52 bits per heavy atom. The van der Waals surface area contributed by atoms with Crippen molar-refractivity contribution < 1.29 is 0 Å². The van der Waals surface area contributed by atoms with Gasteiger partial charge in [-0.2, -0.15) is 0 Å². The summed E-state index contributed by atoms with van der Waals surface area (Å²) in [6.45, 7) is 8.57. The molecule has 0 aliphatic rings. The molecule has 0 saturated heterocycles. The Balaban J connectivity index is 0.00000264. The minimum absolute atomic E-state index is 0. The monoisotopic (exact) mass is 444 g/mol. The number of aliphatic imine (C=N–C) groups is 1. The molecule has 0 saturated carbocycles. The third-order valence-corrected chi connectivity index (χ3v) is 4.24. The Hall–Kier alpha value is -1.15. The number of benzene rings is 1. The lowest BCUT2D eigenvalue weighted by molar-refractivity contribution is 0.810. The van der Waals surface area contributed by atoms with Gasteiger partial charge in [-0.25, -0.2) is 9.98 Å². The van der Waals surface area contributed by atoms with Crippen LogP contribution in [-0.2, 0) is 19.5 Å². The number of aryl methyl sites for hydroxylation is 2. The number of nitrogens with one attached hydrogen (secondary N) is 2. The van der Waals surface area contributed by atoms with Crippen molar-refractivity contribution in [3.63, 3.8) is 0 Å². The van der Waals surface area contributed by atoms with E-state index in [1.807, 2.05) is 6.20 Å². The van der Waals surface area contributed by atoms with Gasteiger partial charge in [0.15, 0.2) is 5.96 Å². The first kappa shape index (κ1) is 19.9. The topological polar surface area (TPSA) is 49.3 Å². The van der Waals surface area contributed by atoms with Gasteiger partial charge in [0.2, 0.25) is 0 Å². The second-order valence-corrected chi connectivity index (χ2v) is 6.35. The molecule has 2 aromatic rings. The predicted octanol–water partition coefficient (Wildman–Crippen LogP) is 3.89. The SMILES string of the molecule is CCNC(=NCc1ccccc1CC)NCc1ncc(C)s1.I. The lowest BCUT2D eigenvalue weighted by Gasteiger charge is -2.11. The highest BCUT2D eigenvalue weighted by atomic mass is 127. The van der Waals surface area contributed by atoms with Gasteiger partial charge in [-0.3, -0.25) is 0 Å². The van der Waals surface area contributed by atoms with Crippen LogP contribution in [0.2, 0.25) is 0 Å². The minimum atomic E-state index is 0. The lowest BCUT2D eigenvalue weighted by Crippen LogP contribution is -2.36. The van der Waals surface area contributed by atoms with E-state index in [9.17, 15) is 0 Å². The van der Waals surface area contributed by atoms with Crippen LogP contribution in [0, 0.1) is 6.92 Å². The molecule has 1 aromatic heterocycles. The standard InChI is InChI=1S/C17H24N4S.HI/c1-4-14-8-6-7-9-15(14)11-20-17(18-5-2)21-12-16-19-10-13(3)22-16;/h6-10H,4-5,11-12H2,1-3H3,(H2,18,20,21);1H. The molecule has 0 aliphatic heterocycles. The fourth-order valence-corrected chi connectivity index (χ4v) is 2.93. The first-order chi connectivity index (χ1) is 10.7. The second-order valence-electron chi connectivity index (χ2n) is 5.04. The first-order valence-electron chi connectivity index (χ1n) is 7.73. The molecule has 0 bridgehead atoms. The van der Waals surface area contributed by atoms with E-state index in [4.69, 9.17) is 0 Å². The van der Waals surface area contributed by atoms with Crippen LogP contribution < -0.4 is 10.6 Å². The molecular formula is C17H25IN4S. The van der Waals surface area contributed by atoms with Crippen LogP contribution in [0.15, 0.2) is 35.5 Å². The molecule has 6 heteroatoms. The van der Waals surface area contributed by atoms with Crippen molar-refractivity contribution in [2.75, 3.05) is 6.54 Å². The number of guanidine groups is 1. The van der Waals surface area contributed by atoms with E-state index < -0.39 is 0 Å². The summed E-state index contributed by atoms with van der Waals surface area (Å²) < 4.78 is 0. The van der Waals surface area contributed by atoms with Crippen LogP contribution in [0.4, 0.5) is 0 Å². The van der Waals surface area contributed by atoms with Crippen LogP contribution in [0.25, 0.3) is 0 Å². The molecule has 0 amide bonds. The largest absolute Gasteiger partial charge is 0.357 e. The highest BCUT2D eigenvalue weighted by molar-refractivity contribution is 14.0. The Bertz CT molecular complexity index is 625. The summed E-state index contributed by atoms with van der Waals surface area (Å²) in [6, 6.07) is 8.47. The van der Waals surface area contributed by atoms with Gasteiger partial charge in [-0.05, 0) is 31.4 Å². The van der Waals surface area contributed by atoms with Crippen molar-refractivity contribution in [2.24, 2.45) is 4.99 Å². The highest BCUT2D eigenvalue weighted by Gasteiger charge is 2.03. The fourth-order valence-electron chi connectivity index (χ4n) is 2.21. The van der Waals surface area contributed by atoms with E-state index in [-0.39, 0.29) is 24.0 Å². The van der Waals surface area contributed by atoms with Gasteiger partial charge in [-0.1, -0.05) is 31.2 Å². The minimum Gasteiger partial charge on any atom is -0.357 e. The maximum atomic E-state index is 4.69. The predicted molar refractivity (Wildman–Crippen MR) is 110 cm³/mol. The van der Waals surface area contributed by atoms with Crippen molar-refractivity contribution in [3.8, 4) is 0 Å². The van der Waals surface area contributed by atoms with Gasteiger partial charge >= 0.3 is 0 Å². The van der Waals surface area contributed by atoms with Crippen molar-refractivity contribution in [1.29, 1.82) is 0 Å². The molecule has 126 valence electrons. The first-order valence-corrected chi connectivity index (χ1v) is 8.54. The molecule has 0 fully saturated rings. The molecule has 0 spiro atoms. The van der Waals surface area contributed by atoms with Gasteiger partial charge in [0, 0.05) is 17.6 Å². The third kappa shape index (κ3) is 6.47. The molecule has 23 heavy (non-hydrogen) atoms. The Morgan fingerprint density at radius 1 is 1.17 bits per heavy atom. The number of aromatic nitrogens is 1. The quantitative estimate of drug-likeness (QED) is 0.404. The van der Waals surface area contributed by atoms with Crippen LogP contribution in [0.3, 0.4) is 0 Å². The van der Waals surface area contributed by atoms with Crippen LogP contribution >= 0.6 is 35.3 Å². The zero-order valence-corrected chi connectivity index (χ0v) is 17.1. The molecule has 0 unspecified atom stereocenters. The van der Waals surface area contributed by atoms with Crippen molar-refractivity contribution in [1.82, 2.24) is 15.6 Å². The second kappa shape index (κ2) is 10.6. The van der Waals surface area contributed by atoms with Gasteiger partial charge in [0.25, 0.3) is 0 Å². The summed E-state index contributed by atoms with van der Waals surface area (Å²) in [5.74, 6) is 0.834. The number of hydrogen-bond donors (Lipinski definition) is 2. The van der Waals surface area contributed by atoms with Crippen molar-refractivity contribution >= 4 is 41.3 Å². The van der Waals surface area contributed by atoms with Crippen molar-refractivity contribution in [2.45, 2.75) is 40.3 Å². The average Bonchev–Trinajstić information content (AvgIpc) is 2.96. The highest BCUT2D eigenvalue weighted by Crippen LogP contribution is 2.11. The third-order valence-electron chi connectivity index (χ3n) is 3.33. The molecule has 4 nitrogen and oxygen atoms in total. The zero-order chi connectivity index (χ0) is 15.8. The normalized spacial score (nSPS) is 11.0. The molecule has 1 aromatic carbocycles. The van der Waals surface area contributed by atoms with E-state index in [0.29, 0.717) is 13.1 Å². The fraction of sp³-hybridized carbons (Fsp3) is 0.412. The van der Waals surface area contributed by atoms with E-state index >= 15 is 0 Å². The molecule has 0 aliphatic carbocycles. The molecule has 0 radical (unpaired) electrons. The van der Waals surface area contributed by atoms with E-state index in [2.05, 4.69) is 65.6 Å². The van der Waals surface area contributed by atoms with Crippen LogP contribution in [-0.4, -0.2) is 17.5 Å². The maximum absolute atomic E-state index is 4.69. The molecule has 2 N–H and O–H groups in total. The summed E-state index contributed by atoms with van der Waals surface area (Å²) in [7, 11) is 0. The van der Waals surface area contributed by atoms with Crippen molar-refractivity contribution in [3.05, 3.63) is 51.5 Å². The summed E-state index contributed by atoms with van der Waals surface area (Å²) in [6.07, 6.45) is 2.94. The number of rotatable bonds is 6. The number of nitrogens with zero attached hydrogens (tertiary/aromatic N) is 2. The molecule has 2 rings (SSSR count). The van der Waals surface area contributed by atoms with Gasteiger partial charge in [-0.15, -0.1) is 35.3 Å². The van der Waals surface area contributed by atoms with Crippen LogP contribution in [0.5, 0.6) is 0 Å². The van der Waals surface area contributed by atoms with Gasteiger partial charge in [0.1, 0.15) is 5.01 Å². The van der Waals surface area contributed by atoms with Gasteiger partial charge < -0.3 is 10.6 Å². The number of thiazole rings is 1. The molecular weight excluding hydrogens is 419 g/mol. The number of hydrogen-bond acceptors (Lipinski definition) is 3. The van der Waals surface area contributed by atoms with E-state index in [0.717, 1.165) is 23.9 Å². The lowest BCUT2D eigenvalue weighted by atomic mass is 10.1. The summed E-state index contributed by atoms with van der Waals surface area (Å²) in [4.78, 5) is 10.3. The smallest absolute Gasteiger partial charge is 0.191 e. The van der Waals surface area contributed by atoms with Crippen LogP contribution in [0.1, 0.15) is 34.9 Å². The summed E-state index contributed by atoms with van der Waals surface area (Å²) in [5.41, 5.74) is 2.64. The van der Waals surface area contributed by atoms with E-state index in [1.54, 1.807) is 11.3 Å².